The molecule has 3 N–H and O–H groups in total. The SMILES string of the molecule is C=CCNS(=O)(=O)c1c(C)[nH]c(C(=O)O)c1C. The van der Waals surface area contributed by atoms with E-state index in [1.54, 1.807) is 0 Å². The molecule has 0 atom stereocenters. The highest BCUT2D eigenvalue weighted by molar-refractivity contribution is 7.89. The molecule has 0 unspecified atom stereocenters. The summed E-state index contributed by atoms with van der Waals surface area (Å²) in [7, 11) is -3.71. The van der Waals surface area contributed by atoms with Crippen molar-refractivity contribution >= 4 is 16.0 Å². The topological polar surface area (TPSA) is 99.3 Å². The fraction of sp³-hybridized carbons (Fsp3) is 0.300. The van der Waals surface area contributed by atoms with Crippen molar-refractivity contribution in [2.24, 2.45) is 0 Å². The molecule has 0 spiro atoms. The van der Waals surface area contributed by atoms with Gasteiger partial charge in [-0.15, -0.1) is 6.58 Å². The van der Waals surface area contributed by atoms with Gasteiger partial charge < -0.3 is 10.1 Å². The Hall–Kier alpha value is -1.60. The number of aromatic nitrogens is 1. The Balaban J connectivity index is 3.32. The zero-order chi connectivity index (χ0) is 13.2. The fourth-order valence-corrected chi connectivity index (χ4v) is 3.03. The highest BCUT2D eigenvalue weighted by atomic mass is 32.2. The van der Waals surface area contributed by atoms with Crippen LogP contribution in [0.3, 0.4) is 0 Å². The van der Waals surface area contributed by atoms with Gasteiger partial charge in [0.25, 0.3) is 0 Å². The lowest BCUT2D eigenvalue weighted by atomic mass is 10.2. The van der Waals surface area contributed by atoms with Crippen LogP contribution in [0.2, 0.25) is 0 Å². The maximum absolute atomic E-state index is 11.9. The molecule has 0 aliphatic rings. The van der Waals surface area contributed by atoms with E-state index in [0.29, 0.717) is 5.69 Å². The number of carbonyl (C=O) groups is 1. The molecule has 0 aromatic carbocycles. The van der Waals surface area contributed by atoms with Gasteiger partial charge in [0.2, 0.25) is 10.0 Å². The van der Waals surface area contributed by atoms with Gasteiger partial charge in [0.05, 0.1) is 0 Å². The smallest absolute Gasteiger partial charge is 0.352 e. The fourth-order valence-electron chi connectivity index (χ4n) is 1.59. The van der Waals surface area contributed by atoms with Crippen LogP contribution in [0, 0.1) is 13.8 Å². The van der Waals surface area contributed by atoms with Crippen LogP contribution in [0.15, 0.2) is 17.6 Å². The number of hydrogen-bond donors (Lipinski definition) is 3. The number of rotatable bonds is 5. The molecule has 1 aromatic rings. The first-order valence-corrected chi connectivity index (χ1v) is 6.32. The summed E-state index contributed by atoms with van der Waals surface area (Å²) in [5.74, 6) is -1.18. The van der Waals surface area contributed by atoms with E-state index in [9.17, 15) is 13.2 Å². The molecule has 17 heavy (non-hydrogen) atoms. The highest BCUT2D eigenvalue weighted by Crippen LogP contribution is 2.22. The van der Waals surface area contributed by atoms with Gasteiger partial charge >= 0.3 is 5.97 Å². The van der Waals surface area contributed by atoms with E-state index in [2.05, 4.69) is 16.3 Å². The van der Waals surface area contributed by atoms with Gasteiger partial charge in [-0.3, -0.25) is 0 Å². The summed E-state index contributed by atoms with van der Waals surface area (Å²) in [6.07, 6.45) is 1.41. The lowest BCUT2D eigenvalue weighted by Gasteiger charge is -2.05. The summed E-state index contributed by atoms with van der Waals surface area (Å²) in [5, 5.41) is 8.88. The van der Waals surface area contributed by atoms with Gasteiger partial charge in [-0.1, -0.05) is 6.08 Å². The standard InChI is InChI=1S/C10H14N2O4S/c1-4-5-11-17(15,16)9-6(2)8(10(13)14)12-7(9)3/h4,11-12H,1,5H2,2-3H3,(H,13,14). The molecule has 1 heterocycles. The zero-order valence-corrected chi connectivity index (χ0v) is 10.4. The van der Waals surface area contributed by atoms with Crippen LogP contribution in [0.4, 0.5) is 0 Å². The second-order valence-corrected chi connectivity index (χ2v) is 5.23. The van der Waals surface area contributed by atoms with E-state index >= 15 is 0 Å². The largest absolute Gasteiger partial charge is 0.477 e. The molecule has 0 bridgehead atoms. The van der Waals surface area contributed by atoms with E-state index in [1.165, 1.54) is 19.9 Å². The van der Waals surface area contributed by atoms with Crippen LogP contribution in [0.5, 0.6) is 0 Å². The first kappa shape index (κ1) is 13.5. The number of carboxylic acids is 1. The van der Waals surface area contributed by atoms with E-state index in [1.807, 2.05) is 0 Å². The second-order valence-electron chi connectivity index (χ2n) is 3.52. The first-order chi connectivity index (χ1) is 7.81. The quantitative estimate of drug-likeness (QED) is 0.680. The van der Waals surface area contributed by atoms with Crippen molar-refractivity contribution in [1.29, 1.82) is 0 Å². The van der Waals surface area contributed by atoms with Gasteiger partial charge in [0.1, 0.15) is 10.6 Å². The van der Waals surface area contributed by atoms with Gasteiger partial charge in [0, 0.05) is 17.8 Å². The van der Waals surface area contributed by atoms with Gasteiger partial charge in [0.15, 0.2) is 0 Å². The molecular weight excluding hydrogens is 244 g/mol. The van der Waals surface area contributed by atoms with Crippen LogP contribution in [-0.4, -0.2) is 31.0 Å². The van der Waals surface area contributed by atoms with E-state index < -0.39 is 16.0 Å². The van der Waals surface area contributed by atoms with Crippen LogP contribution >= 0.6 is 0 Å². The molecule has 6 nitrogen and oxygen atoms in total. The van der Waals surface area contributed by atoms with Gasteiger partial charge in [-0.25, -0.2) is 17.9 Å². The minimum atomic E-state index is -3.71. The molecule has 0 radical (unpaired) electrons. The Morgan fingerprint density at radius 1 is 1.53 bits per heavy atom. The molecule has 0 saturated heterocycles. The number of H-pyrrole nitrogens is 1. The molecule has 94 valence electrons. The maximum atomic E-state index is 11.9. The zero-order valence-electron chi connectivity index (χ0n) is 9.57. The van der Waals surface area contributed by atoms with Gasteiger partial charge in [-0.05, 0) is 13.8 Å². The number of hydrogen-bond acceptors (Lipinski definition) is 3. The molecule has 1 rings (SSSR count). The lowest BCUT2D eigenvalue weighted by Crippen LogP contribution is -2.24. The summed E-state index contributed by atoms with van der Waals surface area (Å²) < 4.78 is 26.1. The Bertz CT molecular complexity index is 557. The third-order valence-electron chi connectivity index (χ3n) is 2.27. The Morgan fingerprint density at radius 2 is 2.12 bits per heavy atom. The predicted molar refractivity (Wildman–Crippen MR) is 62.6 cm³/mol. The first-order valence-electron chi connectivity index (χ1n) is 4.84. The molecule has 1 aromatic heterocycles. The Kier molecular flexibility index (Phi) is 3.74. The van der Waals surface area contributed by atoms with Crippen LogP contribution < -0.4 is 4.72 Å². The highest BCUT2D eigenvalue weighted by Gasteiger charge is 2.25. The number of carboxylic acid groups (broad SMARTS) is 1. The molecule has 0 fully saturated rings. The van der Waals surface area contributed by atoms with Crippen molar-refractivity contribution < 1.29 is 18.3 Å². The summed E-state index contributed by atoms with van der Waals surface area (Å²) >= 11 is 0. The summed E-state index contributed by atoms with van der Waals surface area (Å²) in [6, 6.07) is 0. The molecule has 7 heteroatoms. The second kappa shape index (κ2) is 4.72. The van der Waals surface area contributed by atoms with Crippen molar-refractivity contribution in [3.63, 3.8) is 0 Å². The third-order valence-corrected chi connectivity index (χ3v) is 3.97. The van der Waals surface area contributed by atoms with Crippen molar-refractivity contribution in [3.05, 3.63) is 29.6 Å². The predicted octanol–water partition coefficient (Wildman–Crippen LogP) is 0.794. The molecule has 0 saturated carbocycles. The monoisotopic (exact) mass is 258 g/mol. The van der Waals surface area contributed by atoms with Crippen molar-refractivity contribution in [1.82, 2.24) is 9.71 Å². The number of nitrogens with one attached hydrogen (secondary N) is 2. The van der Waals surface area contributed by atoms with Crippen molar-refractivity contribution in [3.8, 4) is 0 Å². The van der Waals surface area contributed by atoms with E-state index in [0.717, 1.165) is 0 Å². The van der Waals surface area contributed by atoms with Crippen LogP contribution in [-0.2, 0) is 10.0 Å². The van der Waals surface area contributed by atoms with Gasteiger partial charge in [-0.2, -0.15) is 0 Å². The molecule has 0 aliphatic heterocycles. The third kappa shape index (κ3) is 2.56. The minimum absolute atomic E-state index is 0.0169. The van der Waals surface area contributed by atoms with E-state index in [4.69, 9.17) is 5.11 Å². The normalized spacial score (nSPS) is 11.4. The maximum Gasteiger partial charge on any atom is 0.352 e. The minimum Gasteiger partial charge on any atom is -0.477 e. The van der Waals surface area contributed by atoms with E-state index in [-0.39, 0.29) is 22.7 Å². The Morgan fingerprint density at radius 3 is 2.53 bits per heavy atom. The average molecular weight is 258 g/mol. The summed E-state index contributed by atoms with van der Waals surface area (Å²) in [5.41, 5.74) is 0.393. The number of aryl methyl sites for hydroxylation is 1. The molecule has 0 aliphatic carbocycles. The summed E-state index contributed by atoms with van der Waals surface area (Å²) in [6.45, 7) is 6.47. The summed E-state index contributed by atoms with van der Waals surface area (Å²) in [4.78, 5) is 13.4. The van der Waals surface area contributed by atoms with Crippen LogP contribution in [0.1, 0.15) is 21.7 Å². The molecular formula is C10H14N2O4S. The Labute approximate surface area is 99.4 Å². The lowest BCUT2D eigenvalue weighted by molar-refractivity contribution is 0.0690. The van der Waals surface area contributed by atoms with Crippen molar-refractivity contribution in [2.75, 3.05) is 6.54 Å². The number of aromatic carboxylic acids is 1. The molecule has 0 amide bonds. The number of aromatic amines is 1. The average Bonchev–Trinajstić information content (AvgIpc) is 2.52. The van der Waals surface area contributed by atoms with Crippen molar-refractivity contribution in [2.45, 2.75) is 18.7 Å². The van der Waals surface area contributed by atoms with Crippen LogP contribution in [0.25, 0.3) is 0 Å². The number of sulfonamides is 1.